The zero-order valence-corrected chi connectivity index (χ0v) is 13.7. The van der Waals surface area contributed by atoms with Crippen LogP contribution in [0.5, 0.6) is 5.75 Å². The number of rotatable bonds is 3. The van der Waals surface area contributed by atoms with Crippen molar-refractivity contribution in [3.63, 3.8) is 0 Å². The van der Waals surface area contributed by atoms with Crippen molar-refractivity contribution < 1.29 is 14.1 Å². The molecule has 1 aromatic carbocycles. The molecule has 5 rings (SSSR count). The van der Waals surface area contributed by atoms with Crippen LogP contribution in [-0.4, -0.2) is 17.0 Å². The average molecular weight is 336 g/mol. The molecule has 2 aliphatic carbocycles. The third-order valence-corrected chi connectivity index (χ3v) is 5.53. The number of hydrogen-bond acceptors (Lipinski definition) is 5. The summed E-state index contributed by atoms with van der Waals surface area (Å²) in [4.78, 5) is 15.3. The Hall–Kier alpha value is -2.89. The van der Waals surface area contributed by atoms with Crippen molar-refractivity contribution in [3.8, 4) is 17.2 Å². The Balaban J connectivity index is 1.80. The maximum Gasteiger partial charge on any atom is 0.433 e. The number of pyridine rings is 1. The van der Waals surface area contributed by atoms with E-state index < -0.39 is 4.92 Å². The molecule has 2 bridgehead atoms. The lowest BCUT2D eigenvalue weighted by molar-refractivity contribution is -0.401. The third kappa shape index (κ3) is 2.00. The van der Waals surface area contributed by atoms with Crippen molar-refractivity contribution >= 4 is 16.8 Å². The lowest BCUT2D eigenvalue weighted by Crippen LogP contribution is -2.04. The normalized spacial score (nSPS) is 20.8. The Morgan fingerprint density at radius 3 is 2.72 bits per heavy atom. The van der Waals surface area contributed by atoms with Crippen LogP contribution in [0.25, 0.3) is 22.4 Å². The van der Waals surface area contributed by atoms with Crippen LogP contribution in [-0.2, 0) is 0 Å². The third-order valence-electron chi connectivity index (χ3n) is 5.53. The van der Waals surface area contributed by atoms with Gasteiger partial charge < -0.3 is 9.15 Å². The first-order valence-corrected chi connectivity index (χ1v) is 8.42. The molecule has 0 spiro atoms. The number of nitro groups is 1. The summed E-state index contributed by atoms with van der Waals surface area (Å²) in [6.07, 6.45) is 3.46. The smallest absolute Gasteiger partial charge is 0.433 e. The van der Waals surface area contributed by atoms with Crippen LogP contribution in [0.3, 0.4) is 0 Å². The Morgan fingerprint density at radius 2 is 2.00 bits per heavy atom. The first-order valence-electron chi connectivity index (χ1n) is 8.42. The van der Waals surface area contributed by atoms with E-state index >= 15 is 0 Å². The number of hydrogen-bond donors (Lipinski definition) is 0. The van der Waals surface area contributed by atoms with Crippen LogP contribution >= 0.6 is 0 Å². The van der Waals surface area contributed by atoms with Gasteiger partial charge in [-0.2, -0.15) is 0 Å². The Bertz CT molecular complexity index is 1020. The second-order valence-corrected chi connectivity index (χ2v) is 6.77. The van der Waals surface area contributed by atoms with E-state index in [-0.39, 0.29) is 5.88 Å². The van der Waals surface area contributed by atoms with Gasteiger partial charge in [0, 0.05) is 5.39 Å². The molecule has 6 heteroatoms. The molecule has 2 heterocycles. The van der Waals surface area contributed by atoms with Crippen LogP contribution < -0.4 is 4.74 Å². The van der Waals surface area contributed by atoms with Crippen LogP contribution in [0.2, 0.25) is 0 Å². The van der Waals surface area contributed by atoms with Gasteiger partial charge in [-0.25, -0.2) is 4.98 Å². The Morgan fingerprint density at radius 1 is 1.20 bits per heavy atom. The van der Waals surface area contributed by atoms with Crippen LogP contribution in [0.15, 0.2) is 34.7 Å². The fourth-order valence-corrected chi connectivity index (χ4v) is 4.51. The molecule has 0 N–H and O–H groups in total. The van der Waals surface area contributed by atoms with E-state index in [1.807, 2.05) is 12.1 Å². The molecule has 1 fully saturated rings. The van der Waals surface area contributed by atoms with E-state index in [1.54, 1.807) is 13.2 Å². The predicted molar refractivity (Wildman–Crippen MR) is 92.0 cm³/mol. The minimum absolute atomic E-state index is 0.247. The molecule has 2 unspecified atom stereocenters. The quantitative estimate of drug-likeness (QED) is 0.508. The zero-order valence-electron chi connectivity index (χ0n) is 13.7. The minimum Gasteiger partial charge on any atom is -0.497 e. The monoisotopic (exact) mass is 336 g/mol. The van der Waals surface area contributed by atoms with Crippen molar-refractivity contribution in [3.05, 3.63) is 51.6 Å². The molecule has 2 atom stereocenters. The largest absolute Gasteiger partial charge is 0.497 e. The topological polar surface area (TPSA) is 78.4 Å². The Kier molecular flexibility index (Phi) is 2.92. The van der Waals surface area contributed by atoms with Crippen molar-refractivity contribution in [2.45, 2.75) is 31.1 Å². The number of methoxy groups -OCH3 is 1. The maximum absolute atomic E-state index is 11.0. The molecule has 2 aromatic heterocycles. The van der Waals surface area contributed by atoms with Gasteiger partial charge in [-0.1, -0.05) is 0 Å². The molecular formula is C19H16N2O4. The van der Waals surface area contributed by atoms with E-state index in [1.165, 1.54) is 23.6 Å². The van der Waals surface area contributed by atoms with Gasteiger partial charge in [0.2, 0.25) is 0 Å². The number of nitrogens with zero attached hydrogens (tertiary/aromatic N) is 2. The van der Waals surface area contributed by atoms with Gasteiger partial charge in [-0.15, -0.1) is 0 Å². The summed E-state index contributed by atoms with van der Waals surface area (Å²) in [5, 5.41) is 12.1. The highest BCUT2D eigenvalue weighted by Crippen LogP contribution is 2.57. The van der Waals surface area contributed by atoms with Crippen LogP contribution in [0.1, 0.15) is 42.2 Å². The molecule has 1 saturated carbocycles. The molecule has 126 valence electrons. The highest BCUT2D eigenvalue weighted by atomic mass is 16.6. The number of aromatic nitrogens is 1. The average Bonchev–Trinajstić information content (AvgIpc) is 3.36. The van der Waals surface area contributed by atoms with E-state index in [2.05, 4.69) is 6.07 Å². The second kappa shape index (κ2) is 5.05. The molecule has 0 aliphatic heterocycles. The maximum atomic E-state index is 11.0. The highest BCUT2D eigenvalue weighted by molar-refractivity contribution is 5.90. The Labute approximate surface area is 143 Å². The van der Waals surface area contributed by atoms with Crippen LogP contribution in [0, 0.1) is 10.1 Å². The number of fused-ring (bicyclic) bond motifs is 7. The standard InChI is InChI=1S/C19H16N2O4/c1-24-12-4-5-14-13(9-12)17-10-2-3-11(8-10)18(17)19(20-14)15-6-7-16(25-15)21(22)23/h4-7,9-11H,2-3,8H2,1H3. The molecule has 2 aliphatic rings. The van der Waals surface area contributed by atoms with Gasteiger partial charge in [0.25, 0.3) is 0 Å². The molecule has 0 amide bonds. The number of ether oxygens (including phenoxy) is 1. The summed E-state index contributed by atoms with van der Waals surface area (Å²) in [6, 6.07) is 8.94. The van der Waals surface area contributed by atoms with Crippen molar-refractivity contribution in [2.24, 2.45) is 0 Å². The fourth-order valence-electron chi connectivity index (χ4n) is 4.51. The van der Waals surface area contributed by atoms with Crippen molar-refractivity contribution in [2.75, 3.05) is 7.11 Å². The van der Waals surface area contributed by atoms with Gasteiger partial charge in [0.05, 0.1) is 18.7 Å². The van der Waals surface area contributed by atoms with E-state index in [0.29, 0.717) is 17.6 Å². The predicted octanol–water partition coefficient (Wildman–Crippen LogP) is 4.78. The second-order valence-electron chi connectivity index (χ2n) is 6.77. The molecular weight excluding hydrogens is 320 g/mol. The molecule has 0 radical (unpaired) electrons. The first kappa shape index (κ1) is 14.5. The summed E-state index contributed by atoms with van der Waals surface area (Å²) >= 11 is 0. The fraction of sp³-hybridized carbons (Fsp3) is 0.316. The summed E-state index contributed by atoms with van der Waals surface area (Å²) < 4.78 is 10.9. The van der Waals surface area contributed by atoms with E-state index in [9.17, 15) is 10.1 Å². The highest BCUT2D eigenvalue weighted by Gasteiger charge is 2.41. The molecule has 25 heavy (non-hydrogen) atoms. The number of benzene rings is 1. The van der Waals surface area contributed by atoms with Gasteiger partial charge in [-0.3, -0.25) is 10.1 Å². The van der Waals surface area contributed by atoms with Gasteiger partial charge in [0.1, 0.15) is 16.4 Å². The van der Waals surface area contributed by atoms with Gasteiger partial charge in [0.15, 0.2) is 5.76 Å². The van der Waals surface area contributed by atoms with E-state index in [4.69, 9.17) is 14.1 Å². The minimum atomic E-state index is -0.512. The SMILES string of the molecule is COc1ccc2nc(-c3ccc([N+](=O)[O-])o3)c3c(c2c1)C1CCC3C1. The molecule has 3 aromatic rings. The van der Waals surface area contributed by atoms with E-state index in [0.717, 1.165) is 35.2 Å². The van der Waals surface area contributed by atoms with Gasteiger partial charge >= 0.3 is 5.88 Å². The lowest BCUT2D eigenvalue weighted by atomic mass is 9.87. The summed E-state index contributed by atoms with van der Waals surface area (Å²) in [5.74, 6) is 2.04. The molecule has 0 saturated heterocycles. The zero-order chi connectivity index (χ0) is 17.1. The van der Waals surface area contributed by atoms with Gasteiger partial charge in [-0.05, 0) is 66.5 Å². The number of furan rings is 1. The summed E-state index contributed by atoms with van der Waals surface area (Å²) in [7, 11) is 1.66. The summed E-state index contributed by atoms with van der Waals surface area (Å²) in [6.45, 7) is 0. The lowest BCUT2D eigenvalue weighted by Gasteiger charge is -2.20. The van der Waals surface area contributed by atoms with Crippen LogP contribution in [0.4, 0.5) is 5.88 Å². The van der Waals surface area contributed by atoms with Crippen molar-refractivity contribution in [1.82, 2.24) is 4.98 Å². The van der Waals surface area contributed by atoms with Crippen molar-refractivity contribution in [1.29, 1.82) is 0 Å². The first-order chi connectivity index (χ1) is 12.2. The molecule has 6 nitrogen and oxygen atoms in total. The summed E-state index contributed by atoms with van der Waals surface area (Å²) in [5.41, 5.74) is 4.17.